The summed E-state index contributed by atoms with van der Waals surface area (Å²) in [6.07, 6.45) is -0.836. The van der Waals surface area contributed by atoms with Crippen LogP contribution in [0, 0.1) is 5.92 Å². The van der Waals surface area contributed by atoms with Crippen LogP contribution < -0.4 is 5.32 Å². The van der Waals surface area contributed by atoms with Crippen molar-refractivity contribution < 1.29 is 15.0 Å². The van der Waals surface area contributed by atoms with Crippen LogP contribution in [0.25, 0.3) is 0 Å². The van der Waals surface area contributed by atoms with Gasteiger partial charge in [-0.05, 0) is 13.0 Å². The molecule has 66 valence electrons. The summed E-state index contributed by atoms with van der Waals surface area (Å²) in [5, 5.41) is 20.4. The third kappa shape index (κ3) is 2.86. The van der Waals surface area contributed by atoms with Crippen LogP contribution >= 0.6 is 0 Å². The maximum absolute atomic E-state index is 10.5. The van der Waals surface area contributed by atoms with Gasteiger partial charge in [-0.15, -0.1) is 0 Å². The Morgan fingerprint density at radius 3 is 2.00 bits per heavy atom. The number of nitrogens with one attached hydrogen (secondary N) is 1. The minimum Gasteiger partial charge on any atom is -0.480 e. The Kier molecular flexibility index (Phi) is 4.07. The van der Waals surface area contributed by atoms with Gasteiger partial charge in [0, 0.05) is 0 Å². The Bertz CT molecular complexity index is 136. The van der Waals surface area contributed by atoms with E-state index < -0.39 is 18.1 Å². The predicted octanol–water partition coefficient (Wildman–Crippen LogP) is -0.324. The Hall–Kier alpha value is -0.610. The SMILES string of the molecule is CN[C@H](C(=O)O)[C@@H](O)C(C)C. The number of aliphatic hydroxyl groups is 1. The third-order valence-corrected chi connectivity index (χ3v) is 1.60. The standard InChI is InChI=1S/C7H15NO3/c1-4(2)6(9)5(8-3)7(10)11/h4-6,8-9H,1-3H3,(H,10,11)/t5-,6-/m0/s1. The van der Waals surface area contributed by atoms with Gasteiger partial charge in [0.1, 0.15) is 6.04 Å². The molecule has 0 radical (unpaired) electrons. The van der Waals surface area contributed by atoms with E-state index in [-0.39, 0.29) is 5.92 Å². The summed E-state index contributed by atoms with van der Waals surface area (Å²) >= 11 is 0. The minimum absolute atomic E-state index is 0.0523. The lowest BCUT2D eigenvalue weighted by Gasteiger charge is -2.21. The summed E-state index contributed by atoms with van der Waals surface area (Å²) in [5.41, 5.74) is 0. The van der Waals surface area contributed by atoms with Crippen molar-refractivity contribution >= 4 is 5.97 Å². The second kappa shape index (κ2) is 4.31. The van der Waals surface area contributed by atoms with Gasteiger partial charge in [-0.2, -0.15) is 0 Å². The summed E-state index contributed by atoms with van der Waals surface area (Å²) in [4.78, 5) is 10.5. The molecule has 0 saturated heterocycles. The van der Waals surface area contributed by atoms with Gasteiger partial charge in [0.05, 0.1) is 6.10 Å². The minimum atomic E-state index is -1.02. The van der Waals surface area contributed by atoms with Crippen LogP contribution in [-0.2, 0) is 4.79 Å². The van der Waals surface area contributed by atoms with Crippen LogP contribution in [0.5, 0.6) is 0 Å². The maximum Gasteiger partial charge on any atom is 0.323 e. The molecule has 0 aromatic rings. The first-order valence-corrected chi connectivity index (χ1v) is 3.58. The van der Waals surface area contributed by atoms with Crippen LogP contribution in [0.2, 0.25) is 0 Å². The van der Waals surface area contributed by atoms with Crippen molar-refractivity contribution in [3.05, 3.63) is 0 Å². The number of likely N-dealkylation sites (N-methyl/N-ethyl adjacent to an activating group) is 1. The zero-order chi connectivity index (χ0) is 9.02. The Balaban J connectivity index is 4.14. The second-order valence-corrected chi connectivity index (χ2v) is 2.84. The molecule has 3 N–H and O–H groups in total. The van der Waals surface area contributed by atoms with Gasteiger partial charge in [0.2, 0.25) is 0 Å². The van der Waals surface area contributed by atoms with E-state index in [0.29, 0.717) is 0 Å². The highest BCUT2D eigenvalue weighted by atomic mass is 16.4. The number of hydrogen-bond acceptors (Lipinski definition) is 3. The summed E-state index contributed by atoms with van der Waals surface area (Å²) in [5.74, 6) is -1.07. The lowest BCUT2D eigenvalue weighted by Crippen LogP contribution is -2.46. The molecule has 0 rings (SSSR count). The molecule has 0 aromatic carbocycles. The number of carbonyl (C=O) groups is 1. The molecule has 0 fully saturated rings. The molecule has 0 saturated carbocycles. The van der Waals surface area contributed by atoms with Crippen molar-refractivity contribution in [1.29, 1.82) is 0 Å². The molecule has 11 heavy (non-hydrogen) atoms. The van der Waals surface area contributed by atoms with Gasteiger partial charge < -0.3 is 15.5 Å². The molecular formula is C7H15NO3. The normalized spacial score (nSPS) is 16.5. The van der Waals surface area contributed by atoms with E-state index >= 15 is 0 Å². The number of carboxylic acid groups (broad SMARTS) is 1. The molecule has 0 aliphatic heterocycles. The molecule has 0 heterocycles. The fourth-order valence-corrected chi connectivity index (χ4v) is 0.825. The van der Waals surface area contributed by atoms with E-state index in [0.717, 1.165) is 0 Å². The predicted molar refractivity (Wildman–Crippen MR) is 41.3 cm³/mol. The molecule has 4 heteroatoms. The molecule has 0 unspecified atom stereocenters. The maximum atomic E-state index is 10.5. The zero-order valence-electron chi connectivity index (χ0n) is 7.03. The smallest absolute Gasteiger partial charge is 0.323 e. The van der Waals surface area contributed by atoms with Gasteiger partial charge >= 0.3 is 5.97 Å². The summed E-state index contributed by atoms with van der Waals surface area (Å²) in [6, 6.07) is -0.866. The number of rotatable bonds is 4. The van der Waals surface area contributed by atoms with Crippen LogP contribution in [-0.4, -0.2) is 35.4 Å². The number of carboxylic acids is 1. The highest BCUT2D eigenvalue weighted by Crippen LogP contribution is 2.05. The fraction of sp³-hybridized carbons (Fsp3) is 0.857. The van der Waals surface area contributed by atoms with Crippen LogP contribution in [0.15, 0.2) is 0 Å². The number of aliphatic hydroxyl groups excluding tert-OH is 1. The lowest BCUT2D eigenvalue weighted by molar-refractivity contribution is -0.143. The van der Waals surface area contributed by atoms with E-state index in [1.165, 1.54) is 7.05 Å². The summed E-state index contributed by atoms with van der Waals surface area (Å²) in [6.45, 7) is 3.55. The van der Waals surface area contributed by atoms with Gasteiger partial charge in [0.15, 0.2) is 0 Å². The summed E-state index contributed by atoms with van der Waals surface area (Å²) in [7, 11) is 1.52. The molecular weight excluding hydrogens is 146 g/mol. The first kappa shape index (κ1) is 10.4. The van der Waals surface area contributed by atoms with Gasteiger partial charge in [-0.25, -0.2) is 0 Å². The van der Waals surface area contributed by atoms with Crippen molar-refractivity contribution in [2.75, 3.05) is 7.05 Å². The lowest BCUT2D eigenvalue weighted by atomic mass is 10.0. The largest absolute Gasteiger partial charge is 0.480 e. The monoisotopic (exact) mass is 161 g/mol. The van der Waals surface area contributed by atoms with Crippen molar-refractivity contribution in [3.63, 3.8) is 0 Å². The molecule has 0 aromatic heterocycles. The van der Waals surface area contributed by atoms with Crippen LogP contribution in [0.3, 0.4) is 0 Å². The molecule has 2 atom stereocenters. The molecule has 4 nitrogen and oxygen atoms in total. The highest BCUT2D eigenvalue weighted by molar-refractivity contribution is 5.74. The van der Waals surface area contributed by atoms with E-state index in [1.54, 1.807) is 13.8 Å². The zero-order valence-corrected chi connectivity index (χ0v) is 7.03. The van der Waals surface area contributed by atoms with Crippen molar-refractivity contribution in [2.24, 2.45) is 5.92 Å². The third-order valence-electron chi connectivity index (χ3n) is 1.60. The first-order chi connectivity index (χ1) is 5.00. The summed E-state index contributed by atoms with van der Waals surface area (Å²) < 4.78 is 0. The Morgan fingerprint density at radius 2 is 1.91 bits per heavy atom. The van der Waals surface area contributed by atoms with Gasteiger partial charge in [-0.1, -0.05) is 13.8 Å². The van der Waals surface area contributed by atoms with E-state index in [4.69, 9.17) is 5.11 Å². The first-order valence-electron chi connectivity index (χ1n) is 3.58. The molecule has 0 aliphatic carbocycles. The quantitative estimate of drug-likeness (QED) is 0.528. The number of aliphatic carboxylic acids is 1. The molecule has 0 bridgehead atoms. The van der Waals surface area contributed by atoms with E-state index in [2.05, 4.69) is 5.32 Å². The Morgan fingerprint density at radius 1 is 1.45 bits per heavy atom. The average molecular weight is 161 g/mol. The van der Waals surface area contributed by atoms with E-state index in [1.807, 2.05) is 0 Å². The van der Waals surface area contributed by atoms with Gasteiger partial charge in [-0.3, -0.25) is 4.79 Å². The van der Waals surface area contributed by atoms with E-state index in [9.17, 15) is 9.90 Å². The molecule has 0 spiro atoms. The van der Waals surface area contributed by atoms with Crippen molar-refractivity contribution in [2.45, 2.75) is 26.0 Å². The second-order valence-electron chi connectivity index (χ2n) is 2.84. The fourth-order valence-electron chi connectivity index (χ4n) is 0.825. The average Bonchev–Trinajstić information content (AvgIpc) is 1.88. The Labute approximate surface area is 66.2 Å². The van der Waals surface area contributed by atoms with Gasteiger partial charge in [0.25, 0.3) is 0 Å². The van der Waals surface area contributed by atoms with Crippen LogP contribution in [0.1, 0.15) is 13.8 Å². The van der Waals surface area contributed by atoms with Crippen molar-refractivity contribution in [1.82, 2.24) is 5.32 Å². The van der Waals surface area contributed by atoms with Crippen LogP contribution in [0.4, 0.5) is 0 Å². The topological polar surface area (TPSA) is 69.6 Å². The highest BCUT2D eigenvalue weighted by Gasteiger charge is 2.26. The molecule has 0 amide bonds. The molecule has 0 aliphatic rings. The number of hydrogen-bond donors (Lipinski definition) is 3. The van der Waals surface area contributed by atoms with Crippen molar-refractivity contribution in [3.8, 4) is 0 Å².